The van der Waals surface area contributed by atoms with Gasteiger partial charge in [0, 0.05) is 28.2 Å². The monoisotopic (exact) mass is 212 g/mol. The Morgan fingerprint density at radius 3 is 2.94 bits per heavy atom. The van der Waals surface area contributed by atoms with E-state index in [0.29, 0.717) is 11.9 Å². The van der Waals surface area contributed by atoms with E-state index in [2.05, 4.69) is 16.8 Å². The van der Waals surface area contributed by atoms with Crippen LogP contribution in [0.4, 0.5) is 0 Å². The molecular formula is C13H12N2O. The molecule has 16 heavy (non-hydrogen) atoms. The van der Waals surface area contributed by atoms with E-state index in [1.165, 1.54) is 0 Å². The van der Waals surface area contributed by atoms with Crippen molar-refractivity contribution in [2.45, 2.75) is 6.92 Å². The highest BCUT2D eigenvalue weighted by atomic mass is 16.1. The molecule has 0 saturated carbocycles. The molecule has 0 atom stereocenters. The van der Waals surface area contributed by atoms with Crippen molar-refractivity contribution in [1.82, 2.24) is 4.98 Å². The first-order valence-corrected chi connectivity index (χ1v) is 5.03. The number of aryl methyl sites for hydroxylation is 1. The van der Waals surface area contributed by atoms with E-state index in [1.807, 2.05) is 19.1 Å². The van der Waals surface area contributed by atoms with E-state index in [4.69, 9.17) is 5.73 Å². The number of fused-ring (bicyclic) bond motifs is 1. The lowest BCUT2D eigenvalue weighted by atomic mass is 10.1. The number of hydrogen-bond acceptors (Lipinski definition) is 2. The second-order valence-electron chi connectivity index (χ2n) is 3.58. The Balaban J connectivity index is 2.67. The molecule has 0 unspecified atom stereocenters. The molecule has 0 spiro atoms. The molecule has 2 rings (SSSR count). The van der Waals surface area contributed by atoms with Crippen LogP contribution < -0.4 is 11.2 Å². The average Bonchev–Trinajstić information content (AvgIpc) is 2.26. The summed E-state index contributed by atoms with van der Waals surface area (Å²) < 4.78 is 0. The van der Waals surface area contributed by atoms with Crippen LogP contribution in [0.1, 0.15) is 11.3 Å². The number of benzene rings is 1. The maximum absolute atomic E-state index is 11.7. The van der Waals surface area contributed by atoms with Gasteiger partial charge < -0.3 is 10.7 Å². The third kappa shape index (κ3) is 1.97. The zero-order chi connectivity index (χ0) is 11.5. The highest BCUT2D eigenvalue weighted by Gasteiger charge is 2.00. The van der Waals surface area contributed by atoms with Gasteiger partial charge in [-0.2, -0.15) is 0 Å². The predicted molar refractivity (Wildman–Crippen MR) is 65.2 cm³/mol. The largest absolute Gasteiger partial charge is 0.358 e. The molecule has 1 heterocycles. The van der Waals surface area contributed by atoms with E-state index < -0.39 is 0 Å². The highest BCUT2D eigenvalue weighted by molar-refractivity contribution is 5.80. The normalized spacial score (nSPS) is 9.88. The molecule has 2 aromatic rings. The molecule has 80 valence electrons. The van der Waals surface area contributed by atoms with Crippen molar-refractivity contribution in [1.29, 1.82) is 0 Å². The predicted octanol–water partition coefficient (Wildman–Crippen LogP) is 1.15. The third-order valence-electron chi connectivity index (χ3n) is 2.30. The second-order valence-corrected chi connectivity index (χ2v) is 3.58. The van der Waals surface area contributed by atoms with Gasteiger partial charge in [-0.3, -0.25) is 4.79 Å². The number of pyridine rings is 1. The topological polar surface area (TPSA) is 58.9 Å². The fourth-order valence-electron chi connectivity index (χ4n) is 1.61. The standard InChI is InChI=1S/C13H12N2O/c1-9-7-13(16)11-8-10(3-2-6-14)4-5-12(11)15-9/h4-5,7-8H,6,14H2,1H3,(H,15,16). The molecule has 1 aromatic heterocycles. The smallest absolute Gasteiger partial charge is 0.189 e. The first-order chi connectivity index (χ1) is 7.70. The van der Waals surface area contributed by atoms with Crippen molar-refractivity contribution >= 4 is 10.9 Å². The van der Waals surface area contributed by atoms with Crippen molar-refractivity contribution < 1.29 is 0 Å². The quantitative estimate of drug-likeness (QED) is 0.643. The van der Waals surface area contributed by atoms with Crippen molar-refractivity contribution in [2.75, 3.05) is 6.54 Å². The fourth-order valence-corrected chi connectivity index (χ4v) is 1.61. The minimum atomic E-state index is 0.0163. The number of nitrogens with two attached hydrogens (primary N) is 1. The molecule has 0 amide bonds. The number of H-pyrrole nitrogens is 1. The Bertz CT molecular complexity index is 644. The molecule has 0 radical (unpaired) electrons. The van der Waals surface area contributed by atoms with Crippen molar-refractivity contribution in [3.8, 4) is 11.8 Å². The Labute approximate surface area is 93.3 Å². The van der Waals surface area contributed by atoms with Crippen LogP contribution in [0.15, 0.2) is 29.1 Å². The summed E-state index contributed by atoms with van der Waals surface area (Å²) in [5.74, 6) is 5.68. The molecule has 0 bridgehead atoms. The van der Waals surface area contributed by atoms with Crippen LogP contribution in [0, 0.1) is 18.8 Å². The van der Waals surface area contributed by atoms with Gasteiger partial charge in [-0.1, -0.05) is 11.8 Å². The van der Waals surface area contributed by atoms with Gasteiger partial charge in [0.05, 0.1) is 6.54 Å². The number of nitrogens with one attached hydrogen (secondary N) is 1. The van der Waals surface area contributed by atoms with Crippen LogP contribution in [0.3, 0.4) is 0 Å². The summed E-state index contributed by atoms with van der Waals surface area (Å²) in [5.41, 5.74) is 7.82. The average molecular weight is 212 g/mol. The number of hydrogen-bond donors (Lipinski definition) is 2. The van der Waals surface area contributed by atoms with Gasteiger partial charge in [-0.25, -0.2) is 0 Å². The molecular weight excluding hydrogens is 200 g/mol. The van der Waals surface area contributed by atoms with Gasteiger partial charge >= 0.3 is 0 Å². The molecule has 3 nitrogen and oxygen atoms in total. The molecule has 0 saturated heterocycles. The Morgan fingerprint density at radius 2 is 2.19 bits per heavy atom. The lowest BCUT2D eigenvalue weighted by molar-refractivity contribution is 1.24. The summed E-state index contributed by atoms with van der Waals surface area (Å²) >= 11 is 0. The third-order valence-corrected chi connectivity index (χ3v) is 2.30. The van der Waals surface area contributed by atoms with E-state index >= 15 is 0 Å². The Kier molecular flexibility index (Phi) is 2.76. The Hall–Kier alpha value is -2.05. The summed E-state index contributed by atoms with van der Waals surface area (Å²) in [6.07, 6.45) is 0. The molecule has 3 heteroatoms. The SMILES string of the molecule is Cc1cc(=O)c2cc(C#CCN)ccc2[nH]1. The van der Waals surface area contributed by atoms with Gasteiger partial charge in [-0.05, 0) is 25.1 Å². The van der Waals surface area contributed by atoms with Crippen molar-refractivity contribution in [3.63, 3.8) is 0 Å². The van der Waals surface area contributed by atoms with Crippen LogP contribution in [0.5, 0.6) is 0 Å². The lowest BCUT2D eigenvalue weighted by Gasteiger charge is -2.00. The van der Waals surface area contributed by atoms with E-state index in [0.717, 1.165) is 16.8 Å². The van der Waals surface area contributed by atoms with Gasteiger partial charge in [0.1, 0.15) is 0 Å². The summed E-state index contributed by atoms with van der Waals surface area (Å²) in [7, 11) is 0. The van der Waals surface area contributed by atoms with E-state index in [1.54, 1.807) is 12.1 Å². The van der Waals surface area contributed by atoms with Crippen molar-refractivity contribution in [2.24, 2.45) is 5.73 Å². The van der Waals surface area contributed by atoms with Gasteiger partial charge in [0.15, 0.2) is 5.43 Å². The second kappa shape index (κ2) is 4.21. The van der Waals surface area contributed by atoms with E-state index in [9.17, 15) is 4.79 Å². The van der Waals surface area contributed by atoms with E-state index in [-0.39, 0.29) is 5.43 Å². The van der Waals surface area contributed by atoms with Crippen molar-refractivity contribution in [3.05, 3.63) is 45.7 Å². The molecule has 0 aliphatic heterocycles. The molecule has 0 fully saturated rings. The maximum Gasteiger partial charge on any atom is 0.189 e. The highest BCUT2D eigenvalue weighted by Crippen LogP contribution is 2.10. The minimum absolute atomic E-state index is 0.0163. The maximum atomic E-state index is 11.7. The number of aromatic amines is 1. The number of aromatic nitrogens is 1. The summed E-state index contributed by atoms with van der Waals surface area (Å²) in [6.45, 7) is 2.19. The van der Waals surface area contributed by atoms with Gasteiger partial charge in [-0.15, -0.1) is 0 Å². The molecule has 0 aliphatic carbocycles. The molecule has 1 aromatic carbocycles. The summed E-state index contributed by atoms with van der Waals surface area (Å²) in [6, 6.07) is 7.11. The van der Waals surface area contributed by atoms with Crippen LogP contribution in [0.2, 0.25) is 0 Å². The van der Waals surface area contributed by atoms with Crippen LogP contribution >= 0.6 is 0 Å². The van der Waals surface area contributed by atoms with Gasteiger partial charge in [0.25, 0.3) is 0 Å². The van der Waals surface area contributed by atoms with Gasteiger partial charge in [0.2, 0.25) is 0 Å². The summed E-state index contributed by atoms with van der Waals surface area (Å²) in [5, 5.41) is 0.662. The fraction of sp³-hybridized carbons (Fsp3) is 0.154. The van der Waals surface area contributed by atoms with Crippen LogP contribution in [-0.2, 0) is 0 Å². The summed E-state index contributed by atoms with van der Waals surface area (Å²) in [4.78, 5) is 14.9. The van der Waals surface area contributed by atoms with Crippen LogP contribution in [0.25, 0.3) is 10.9 Å². The minimum Gasteiger partial charge on any atom is -0.358 e. The van der Waals surface area contributed by atoms with Crippen LogP contribution in [-0.4, -0.2) is 11.5 Å². The Morgan fingerprint density at radius 1 is 1.38 bits per heavy atom. The molecule has 3 N–H and O–H groups in total. The number of rotatable bonds is 0. The first kappa shape index (κ1) is 10.5. The first-order valence-electron chi connectivity index (χ1n) is 5.03. The molecule has 0 aliphatic rings. The zero-order valence-corrected chi connectivity index (χ0v) is 9.00. The lowest BCUT2D eigenvalue weighted by Crippen LogP contribution is -2.03. The zero-order valence-electron chi connectivity index (χ0n) is 9.00.